The van der Waals surface area contributed by atoms with E-state index >= 15 is 0 Å². The third-order valence-corrected chi connectivity index (χ3v) is 3.04. The molecule has 0 bridgehead atoms. The van der Waals surface area contributed by atoms with Gasteiger partial charge in [-0.15, -0.1) is 0 Å². The van der Waals surface area contributed by atoms with Gasteiger partial charge in [0.2, 0.25) is 0 Å². The van der Waals surface area contributed by atoms with Gasteiger partial charge >= 0.3 is 0 Å². The third kappa shape index (κ3) is 7.88. The van der Waals surface area contributed by atoms with E-state index in [1.54, 1.807) is 7.11 Å². The molecule has 5 nitrogen and oxygen atoms in total. The fraction of sp³-hybridized carbons (Fsp3) is 0.588. The van der Waals surface area contributed by atoms with Crippen LogP contribution in [0.25, 0.3) is 0 Å². The van der Waals surface area contributed by atoms with Gasteiger partial charge in [-0.2, -0.15) is 0 Å². The predicted molar refractivity (Wildman–Crippen MR) is 91.5 cm³/mol. The number of nitrogens with zero attached hydrogens (tertiary/aromatic N) is 1. The molecular weight excluding hydrogens is 278 g/mol. The van der Waals surface area contributed by atoms with Crippen molar-refractivity contribution < 1.29 is 9.47 Å². The summed E-state index contributed by atoms with van der Waals surface area (Å²) in [6.45, 7) is 7.84. The Morgan fingerprint density at radius 2 is 2.05 bits per heavy atom. The lowest BCUT2D eigenvalue weighted by atomic mass is 10.2. The van der Waals surface area contributed by atoms with Crippen LogP contribution >= 0.6 is 0 Å². The van der Waals surface area contributed by atoms with Gasteiger partial charge in [0, 0.05) is 20.2 Å². The van der Waals surface area contributed by atoms with Crippen LogP contribution in [0, 0.1) is 0 Å². The highest BCUT2D eigenvalue weighted by Crippen LogP contribution is 2.14. The summed E-state index contributed by atoms with van der Waals surface area (Å²) in [7, 11) is 1.67. The molecule has 0 fully saturated rings. The Morgan fingerprint density at radius 3 is 2.77 bits per heavy atom. The van der Waals surface area contributed by atoms with Crippen LogP contribution in [0.1, 0.15) is 32.3 Å². The summed E-state index contributed by atoms with van der Waals surface area (Å²) >= 11 is 0. The minimum absolute atomic E-state index is 0.560. The van der Waals surface area contributed by atoms with E-state index in [-0.39, 0.29) is 0 Å². The van der Waals surface area contributed by atoms with Crippen LogP contribution in [0.5, 0.6) is 5.75 Å². The van der Waals surface area contributed by atoms with Crippen molar-refractivity contribution in [3.63, 3.8) is 0 Å². The Labute approximate surface area is 134 Å². The van der Waals surface area contributed by atoms with Crippen molar-refractivity contribution in [3.05, 3.63) is 29.8 Å². The lowest BCUT2D eigenvalue weighted by molar-refractivity contribution is 0.146. The number of rotatable bonds is 10. The largest absolute Gasteiger partial charge is 0.491 e. The second-order valence-corrected chi connectivity index (χ2v) is 4.96. The first-order valence-electron chi connectivity index (χ1n) is 8.03. The first kappa shape index (κ1) is 18.3. The van der Waals surface area contributed by atoms with E-state index in [1.807, 2.05) is 18.2 Å². The smallest absolute Gasteiger partial charge is 0.191 e. The quantitative estimate of drug-likeness (QED) is 0.396. The lowest BCUT2D eigenvalue weighted by Gasteiger charge is -2.11. The molecule has 0 saturated carbocycles. The van der Waals surface area contributed by atoms with Gasteiger partial charge in [-0.05, 0) is 31.0 Å². The fourth-order valence-electron chi connectivity index (χ4n) is 1.87. The number of aliphatic imine (C=N–C) groups is 1. The molecule has 124 valence electrons. The molecule has 2 N–H and O–H groups in total. The molecule has 0 spiro atoms. The lowest BCUT2D eigenvalue weighted by Crippen LogP contribution is -2.37. The molecule has 5 heteroatoms. The van der Waals surface area contributed by atoms with Crippen molar-refractivity contribution in [1.29, 1.82) is 0 Å². The Hall–Kier alpha value is -1.75. The van der Waals surface area contributed by atoms with Crippen molar-refractivity contribution in [2.75, 3.05) is 33.4 Å². The molecule has 0 atom stereocenters. The highest BCUT2D eigenvalue weighted by Gasteiger charge is 1.99. The summed E-state index contributed by atoms with van der Waals surface area (Å²) in [5.41, 5.74) is 1.13. The number of guanidine groups is 1. The minimum Gasteiger partial charge on any atom is -0.491 e. The maximum absolute atomic E-state index is 5.62. The molecular formula is C17H29N3O2. The molecule has 0 aromatic heterocycles. The van der Waals surface area contributed by atoms with Gasteiger partial charge in [0.15, 0.2) is 5.96 Å². The van der Waals surface area contributed by atoms with Crippen molar-refractivity contribution in [1.82, 2.24) is 10.6 Å². The molecule has 0 aliphatic rings. The third-order valence-electron chi connectivity index (χ3n) is 3.04. The summed E-state index contributed by atoms with van der Waals surface area (Å²) in [4.78, 5) is 4.61. The van der Waals surface area contributed by atoms with E-state index in [0.717, 1.165) is 36.8 Å². The molecule has 0 aliphatic heterocycles. The zero-order chi connectivity index (χ0) is 16.0. The number of hydrogen-bond acceptors (Lipinski definition) is 3. The standard InChI is InChI=1S/C17H29N3O2/c1-4-6-10-19-17(18-5-2)20-14-15-8-7-9-16(13-15)22-12-11-21-3/h7-9,13H,4-6,10-12,14H2,1-3H3,(H2,18,19,20). The number of unbranched alkanes of at least 4 members (excludes halogenated alkanes) is 1. The maximum atomic E-state index is 5.62. The number of ether oxygens (including phenoxy) is 2. The van der Waals surface area contributed by atoms with Gasteiger partial charge in [-0.1, -0.05) is 25.5 Å². The predicted octanol–water partition coefficient (Wildman–Crippen LogP) is 2.57. The molecule has 0 heterocycles. The SMILES string of the molecule is CCCCNC(=NCc1cccc(OCCOC)c1)NCC. The van der Waals surface area contributed by atoms with Crippen LogP contribution in [0.15, 0.2) is 29.3 Å². The second kappa shape index (κ2) is 11.9. The molecule has 0 aliphatic carbocycles. The van der Waals surface area contributed by atoms with E-state index in [0.29, 0.717) is 19.8 Å². The van der Waals surface area contributed by atoms with E-state index in [2.05, 4.69) is 35.5 Å². The monoisotopic (exact) mass is 307 g/mol. The van der Waals surface area contributed by atoms with E-state index in [4.69, 9.17) is 9.47 Å². The van der Waals surface area contributed by atoms with Crippen molar-refractivity contribution in [3.8, 4) is 5.75 Å². The summed E-state index contributed by atoms with van der Waals surface area (Å²) in [6.07, 6.45) is 2.32. The van der Waals surface area contributed by atoms with Gasteiger partial charge in [0.25, 0.3) is 0 Å². The van der Waals surface area contributed by atoms with E-state index in [9.17, 15) is 0 Å². The van der Waals surface area contributed by atoms with Crippen molar-refractivity contribution >= 4 is 5.96 Å². The zero-order valence-corrected chi connectivity index (χ0v) is 14.0. The van der Waals surface area contributed by atoms with E-state index < -0.39 is 0 Å². The van der Waals surface area contributed by atoms with Gasteiger partial charge < -0.3 is 20.1 Å². The highest BCUT2D eigenvalue weighted by molar-refractivity contribution is 5.79. The average Bonchev–Trinajstić information content (AvgIpc) is 2.53. The molecule has 0 unspecified atom stereocenters. The van der Waals surface area contributed by atoms with Crippen molar-refractivity contribution in [2.45, 2.75) is 33.2 Å². The van der Waals surface area contributed by atoms with E-state index in [1.165, 1.54) is 6.42 Å². The average molecular weight is 307 g/mol. The number of benzene rings is 1. The molecule has 0 saturated heterocycles. The first-order chi connectivity index (χ1) is 10.8. The molecule has 1 aromatic carbocycles. The molecule has 0 amide bonds. The summed E-state index contributed by atoms with van der Waals surface area (Å²) in [5, 5.41) is 6.60. The number of hydrogen-bond donors (Lipinski definition) is 2. The number of methoxy groups -OCH3 is 1. The van der Waals surface area contributed by atoms with Crippen LogP contribution in [-0.2, 0) is 11.3 Å². The Kier molecular flexibility index (Phi) is 9.87. The van der Waals surface area contributed by atoms with Gasteiger partial charge in [-0.25, -0.2) is 4.99 Å². The highest BCUT2D eigenvalue weighted by atomic mass is 16.5. The van der Waals surface area contributed by atoms with Gasteiger partial charge in [0.05, 0.1) is 13.2 Å². The van der Waals surface area contributed by atoms with Crippen LogP contribution in [0.4, 0.5) is 0 Å². The molecule has 1 aromatic rings. The Bertz CT molecular complexity index is 436. The normalized spacial score (nSPS) is 11.3. The van der Waals surface area contributed by atoms with Gasteiger partial charge in [0.1, 0.15) is 12.4 Å². The van der Waals surface area contributed by atoms with Crippen molar-refractivity contribution in [2.24, 2.45) is 4.99 Å². The van der Waals surface area contributed by atoms with Crippen LogP contribution in [0.2, 0.25) is 0 Å². The molecule has 22 heavy (non-hydrogen) atoms. The topological polar surface area (TPSA) is 54.9 Å². The Morgan fingerprint density at radius 1 is 1.18 bits per heavy atom. The molecule has 1 rings (SSSR count). The maximum Gasteiger partial charge on any atom is 0.191 e. The minimum atomic E-state index is 0.560. The summed E-state index contributed by atoms with van der Waals surface area (Å²) in [5.74, 6) is 1.72. The fourth-order valence-corrected chi connectivity index (χ4v) is 1.87. The zero-order valence-electron chi connectivity index (χ0n) is 14.0. The molecule has 0 radical (unpaired) electrons. The van der Waals surface area contributed by atoms with Gasteiger partial charge in [-0.3, -0.25) is 0 Å². The number of nitrogens with one attached hydrogen (secondary N) is 2. The summed E-state index contributed by atoms with van der Waals surface area (Å²) < 4.78 is 10.6. The summed E-state index contributed by atoms with van der Waals surface area (Å²) in [6, 6.07) is 8.02. The van der Waals surface area contributed by atoms with Crippen LogP contribution in [-0.4, -0.2) is 39.4 Å². The Balaban J connectivity index is 2.54. The van der Waals surface area contributed by atoms with Crippen LogP contribution < -0.4 is 15.4 Å². The van der Waals surface area contributed by atoms with Crippen LogP contribution in [0.3, 0.4) is 0 Å². The first-order valence-corrected chi connectivity index (χ1v) is 8.03. The second-order valence-electron chi connectivity index (χ2n) is 4.96.